The zero-order valence-corrected chi connectivity index (χ0v) is 14.6. The third-order valence-corrected chi connectivity index (χ3v) is 3.19. The fraction of sp³-hybridized carbons (Fsp3) is 0.312. The number of alkyl halides is 1. The summed E-state index contributed by atoms with van der Waals surface area (Å²) in [7, 11) is 0. The Morgan fingerprint density at radius 3 is 2.73 bits per heavy atom. The average molecular weight is 389 g/mol. The molecule has 1 aromatic heterocycles. The maximum Gasteiger partial charge on any atom is 0.219 e. The minimum absolute atomic E-state index is 0.121. The van der Waals surface area contributed by atoms with E-state index in [0.29, 0.717) is 29.3 Å². The number of hydrogen-bond donors (Lipinski definition) is 0. The van der Waals surface area contributed by atoms with Crippen LogP contribution in [0.15, 0.2) is 40.9 Å². The molecule has 0 aliphatic rings. The van der Waals surface area contributed by atoms with E-state index in [1.807, 2.05) is 19.9 Å². The van der Waals surface area contributed by atoms with E-state index in [0.717, 1.165) is 0 Å². The van der Waals surface area contributed by atoms with Gasteiger partial charge in [-0.15, -0.1) is 11.6 Å². The van der Waals surface area contributed by atoms with Crippen LogP contribution in [-0.2, 0) is 11.3 Å². The van der Waals surface area contributed by atoms with Gasteiger partial charge in [0.05, 0.1) is 23.8 Å². The molecule has 2 aromatic rings. The van der Waals surface area contributed by atoms with E-state index in [-0.39, 0.29) is 5.75 Å². The van der Waals surface area contributed by atoms with E-state index in [2.05, 4.69) is 20.9 Å². The van der Waals surface area contributed by atoms with Crippen molar-refractivity contribution in [2.24, 2.45) is 0 Å². The average Bonchev–Trinajstić information content (AvgIpc) is 2.41. The van der Waals surface area contributed by atoms with Crippen LogP contribution in [0.4, 0.5) is 4.39 Å². The van der Waals surface area contributed by atoms with Crippen molar-refractivity contribution >= 4 is 27.5 Å². The summed E-state index contributed by atoms with van der Waals surface area (Å²) in [6.07, 6.45) is 0. The molecule has 0 N–H and O–H groups in total. The van der Waals surface area contributed by atoms with E-state index < -0.39 is 10.7 Å². The Kier molecular flexibility index (Phi) is 5.78. The Labute approximate surface area is 142 Å². The SMILES string of the molecule is CC(C)(Cl)COCc1cccc(Oc2ccc(Br)cc2F)n1. The number of hydrogen-bond acceptors (Lipinski definition) is 3. The second-order valence-electron chi connectivity index (χ2n) is 5.36. The van der Waals surface area contributed by atoms with Crippen molar-refractivity contribution < 1.29 is 13.9 Å². The van der Waals surface area contributed by atoms with Gasteiger partial charge in [-0.05, 0) is 38.1 Å². The summed E-state index contributed by atoms with van der Waals surface area (Å²) in [6.45, 7) is 4.47. The normalized spacial score (nSPS) is 11.5. The third-order valence-electron chi connectivity index (χ3n) is 2.58. The molecule has 0 fully saturated rings. The topological polar surface area (TPSA) is 31.4 Å². The molecule has 0 spiro atoms. The summed E-state index contributed by atoms with van der Waals surface area (Å²) in [5, 5.41) is 0. The summed E-state index contributed by atoms with van der Waals surface area (Å²) >= 11 is 9.25. The predicted octanol–water partition coefficient (Wildman–Crippen LogP) is 5.31. The highest BCUT2D eigenvalue weighted by Gasteiger charge is 2.13. The lowest BCUT2D eigenvalue weighted by molar-refractivity contribution is 0.102. The summed E-state index contributed by atoms with van der Waals surface area (Å²) < 4.78 is 25.4. The predicted molar refractivity (Wildman–Crippen MR) is 88.0 cm³/mol. The number of benzene rings is 1. The molecule has 0 radical (unpaired) electrons. The lowest BCUT2D eigenvalue weighted by Crippen LogP contribution is -2.19. The monoisotopic (exact) mass is 387 g/mol. The summed E-state index contributed by atoms with van der Waals surface area (Å²) in [5.74, 6) is -0.0233. The van der Waals surface area contributed by atoms with Crippen molar-refractivity contribution in [3.63, 3.8) is 0 Å². The van der Waals surface area contributed by atoms with Gasteiger partial charge in [0, 0.05) is 10.5 Å². The maximum absolute atomic E-state index is 13.7. The van der Waals surface area contributed by atoms with E-state index >= 15 is 0 Å². The molecule has 118 valence electrons. The molecule has 2 rings (SSSR count). The van der Waals surface area contributed by atoms with Crippen molar-refractivity contribution in [3.05, 3.63) is 52.4 Å². The number of aromatic nitrogens is 1. The first-order chi connectivity index (χ1) is 10.3. The number of nitrogens with zero attached hydrogens (tertiary/aromatic N) is 1. The fourth-order valence-corrected chi connectivity index (χ4v) is 2.07. The molecular weight excluding hydrogens is 373 g/mol. The summed E-state index contributed by atoms with van der Waals surface area (Å²) in [4.78, 5) is 3.86. The van der Waals surface area contributed by atoms with Crippen LogP contribution in [0.1, 0.15) is 19.5 Å². The second kappa shape index (κ2) is 7.40. The van der Waals surface area contributed by atoms with Crippen LogP contribution in [0.2, 0.25) is 0 Å². The van der Waals surface area contributed by atoms with Gasteiger partial charge in [0.2, 0.25) is 5.88 Å². The van der Waals surface area contributed by atoms with Crippen LogP contribution in [0, 0.1) is 5.82 Å². The largest absolute Gasteiger partial charge is 0.436 e. The molecule has 0 aliphatic heterocycles. The Hall–Kier alpha value is -1.17. The molecule has 6 heteroatoms. The molecular formula is C16H16BrClFNO2. The van der Waals surface area contributed by atoms with Crippen molar-refractivity contribution in [2.45, 2.75) is 25.3 Å². The first kappa shape index (κ1) is 17.2. The van der Waals surface area contributed by atoms with Crippen molar-refractivity contribution in [3.8, 4) is 11.6 Å². The van der Waals surface area contributed by atoms with Gasteiger partial charge in [0.1, 0.15) is 0 Å². The fourth-order valence-electron chi connectivity index (χ4n) is 1.66. The number of rotatable bonds is 6. The van der Waals surface area contributed by atoms with Gasteiger partial charge < -0.3 is 9.47 Å². The highest BCUT2D eigenvalue weighted by molar-refractivity contribution is 9.10. The lowest BCUT2D eigenvalue weighted by atomic mass is 10.2. The Morgan fingerprint density at radius 2 is 2.05 bits per heavy atom. The van der Waals surface area contributed by atoms with Gasteiger partial charge in [0.15, 0.2) is 11.6 Å². The van der Waals surface area contributed by atoms with Crippen LogP contribution >= 0.6 is 27.5 Å². The molecule has 0 atom stereocenters. The second-order valence-corrected chi connectivity index (χ2v) is 7.29. The lowest BCUT2D eigenvalue weighted by Gasteiger charge is -2.15. The number of ether oxygens (including phenoxy) is 2. The third kappa shape index (κ3) is 5.55. The van der Waals surface area contributed by atoms with Gasteiger partial charge in [-0.3, -0.25) is 0 Å². The molecule has 0 aliphatic carbocycles. The van der Waals surface area contributed by atoms with Crippen molar-refractivity contribution in [1.82, 2.24) is 4.98 Å². The van der Waals surface area contributed by atoms with Gasteiger partial charge in [-0.2, -0.15) is 0 Å². The highest BCUT2D eigenvalue weighted by Crippen LogP contribution is 2.26. The van der Waals surface area contributed by atoms with Gasteiger partial charge in [-0.1, -0.05) is 22.0 Å². The van der Waals surface area contributed by atoms with Crippen LogP contribution in [0.3, 0.4) is 0 Å². The van der Waals surface area contributed by atoms with Gasteiger partial charge in [-0.25, -0.2) is 9.37 Å². The smallest absolute Gasteiger partial charge is 0.219 e. The summed E-state index contributed by atoms with van der Waals surface area (Å²) in [5.41, 5.74) is 0.691. The minimum atomic E-state index is -0.457. The van der Waals surface area contributed by atoms with Crippen LogP contribution in [0.25, 0.3) is 0 Å². The molecule has 1 aromatic carbocycles. The first-order valence-corrected chi connectivity index (χ1v) is 7.86. The quantitative estimate of drug-likeness (QED) is 0.628. The number of pyridine rings is 1. The molecule has 1 heterocycles. The van der Waals surface area contributed by atoms with Crippen LogP contribution < -0.4 is 4.74 Å². The van der Waals surface area contributed by atoms with E-state index in [1.165, 1.54) is 6.07 Å². The molecule has 0 bridgehead atoms. The summed E-state index contributed by atoms with van der Waals surface area (Å²) in [6, 6.07) is 9.84. The molecule has 0 saturated carbocycles. The zero-order chi connectivity index (χ0) is 16.2. The van der Waals surface area contributed by atoms with Crippen LogP contribution in [-0.4, -0.2) is 16.5 Å². The molecule has 0 amide bonds. The van der Waals surface area contributed by atoms with Crippen molar-refractivity contribution in [1.29, 1.82) is 0 Å². The van der Waals surface area contributed by atoms with E-state index in [4.69, 9.17) is 21.1 Å². The molecule has 0 saturated heterocycles. The standard InChI is InChI=1S/C16H16BrClFNO2/c1-16(2,18)10-21-9-12-4-3-5-15(20-12)22-14-7-6-11(17)8-13(14)19/h3-8H,9-10H2,1-2H3. The van der Waals surface area contributed by atoms with Crippen molar-refractivity contribution in [2.75, 3.05) is 6.61 Å². The Balaban J connectivity index is 2.02. The van der Waals surface area contributed by atoms with Crippen LogP contribution in [0.5, 0.6) is 11.6 Å². The molecule has 22 heavy (non-hydrogen) atoms. The molecule has 3 nitrogen and oxygen atoms in total. The van der Waals surface area contributed by atoms with E-state index in [9.17, 15) is 4.39 Å². The van der Waals surface area contributed by atoms with Gasteiger partial charge >= 0.3 is 0 Å². The Morgan fingerprint density at radius 1 is 1.27 bits per heavy atom. The minimum Gasteiger partial charge on any atom is -0.436 e. The zero-order valence-electron chi connectivity index (χ0n) is 12.3. The van der Waals surface area contributed by atoms with Gasteiger partial charge in [0.25, 0.3) is 0 Å². The Bertz CT molecular complexity index is 646. The number of halogens is 3. The highest BCUT2D eigenvalue weighted by atomic mass is 79.9. The van der Waals surface area contributed by atoms with E-state index in [1.54, 1.807) is 24.3 Å². The maximum atomic E-state index is 13.7. The molecule has 0 unspecified atom stereocenters. The first-order valence-electron chi connectivity index (χ1n) is 6.69.